The molecule has 4 rings (SSSR count). The van der Waals surface area contributed by atoms with Gasteiger partial charge >= 0.3 is 6.36 Å². The van der Waals surface area contributed by atoms with Crippen molar-refractivity contribution < 1.29 is 26.3 Å². The maximum Gasteiger partial charge on any atom is 0.573 e. The number of nitrogens with two attached hydrogens (primary N) is 1. The summed E-state index contributed by atoms with van der Waals surface area (Å²) in [4.78, 5) is 19.5. The summed E-state index contributed by atoms with van der Waals surface area (Å²) in [5.74, 6) is -0.550. The fourth-order valence-electron chi connectivity index (χ4n) is 4.54. The minimum absolute atomic E-state index is 0.00716. The normalized spacial score (nSPS) is 16.9. The van der Waals surface area contributed by atoms with Gasteiger partial charge in [-0.05, 0) is 55.3 Å². The third-order valence-corrected chi connectivity index (χ3v) is 8.98. The van der Waals surface area contributed by atoms with Crippen LogP contribution in [0.3, 0.4) is 0 Å². The summed E-state index contributed by atoms with van der Waals surface area (Å²) in [6.07, 6.45) is -3.05. The molecule has 0 spiro atoms. The van der Waals surface area contributed by atoms with Crippen LogP contribution in [0.15, 0.2) is 40.3 Å². The van der Waals surface area contributed by atoms with Crippen LogP contribution in [-0.4, -0.2) is 54.6 Å². The number of benzene rings is 2. The summed E-state index contributed by atoms with van der Waals surface area (Å²) >= 11 is 12.6. The van der Waals surface area contributed by atoms with Crippen molar-refractivity contribution in [3.05, 3.63) is 62.1 Å². The molecule has 8 nitrogen and oxygen atoms in total. The van der Waals surface area contributed by atoms with E-state index in [1.165, 1.54) is 31.5 Å². The molecule has 0 amide bonds. The van der Waals surface area contributed by atoms with E-state index >= 15 is 0 Å². The zero-order valence-corrected chi connectivity index (χ0v) is 22.6. The predicted octanol–water partition coefficient (Wildman–Crippen LogP) is 4.22. The molecule has 2 N–H and O–H groups in total. The first-order valence-corrected chi connectivity index (χ1v) is 14.1. The van der Waals surface area contributed by atoms with Gasteiger partial charge in [-0.25, -0.2) is 13.4 Å². The van der Waals surface area contributed by atoms with E-state index in [1.807, 2.05) is 4.90 Å². The van der Waals surface area contributed by atoms with Crippen molar-refractivity contribution in [2.24, 2.45) is 11.7 Å². The van der Waals surface area contributed by atoms with Crippen LogP contribution in [-0.2, 0) is 22.9 Å². The van der Waals surface area contributed by atoms with Gasteiger partial charge in [-0.3, -0.25) is 14.3 Å². The highest BCUT2D eigenvalue weighted by Crippen LogP contribution is 2.37. The highest BCUT2D eigenvalue weighted by atomic mass is 35.5. The zero-order valence-electron chi connectivity index (χ0n) is 20.3. The Labute approximate surface area is 227 Å². The maximum absolute atomic E-state index is 13.4. The molecular formula is C24H25Cl2F3N4O4S. The summed E-state index contributed by atoms with van der Waals surface area (Å²) < 4.78 is 70.4. The third kappa shape index (κ3) is 6.09. The van der Waals surface area contributed by atoms with Gasteiger partial charge in [-0.15, -0.1) is 13.2 Å². The van der Waals surface area contributed by atoms with Crippen molar-refractivity contribution in [3.8, 4) is 5.75 Å². The minimum atomic E-state index is -5.03. The van der Waals surface area contributed by atoms with Crippen molar-refractivity contribution in [3.63, 3.8) is 0 Å². The third-order valence-electron chi connectivity index (χ3n) is 6.51. The number of hydrogen-bond acceptors (Lipinski definition) is 7. The molecule has 0 unspecified atom stereocenters. The number of alkyl halides is 3. The monoisotopic (exact) mass is 592 g/mol. The summed E-state index contributed by atoms with van der Waals surface area (Å²) in [5, 5.41) is -0.0768. The molecule has 0 saturated carbocycles. The van der Waals surface area contributed by atoms with Crippen molar-refractivity contribution in [1.29, 1.82) is 0 Å². The molecule has 0 bridgehead atoms. The lowest BCUT2D eigenvalue weighted by Gasteiger charge is -2.21. The second kappa shape index (κ2) is 11.0. The topological polar surface area (TPSA) is 108 Å². The number of fused-ring (bicyclic) bond motifs is 1. The Morgan fingerprint density at radius 2 is 1.95 bits per heavy atom. The molecule has 0 aliphatic carbocycles. The second-order valence-corrected chi connectivity index (χ2v) is 12.1. The lowest BCUT2D eigenvalue weighted by Crippen LogP contribution is -2.26. The Morgan fingerprint density at radius 3 is 2.58 bits per heavy atom. The zero-order chi connectivity index (χ0) is 27.8. The van der Waals surface area contributed by atoms with Gasteiger partial charge in [-0.1, -0.05) is 30.1 Å². The Bertz CT molecular complexity index is 1530. The van der Waals surface area contributed by atoms with Crippen LogP contribution in [0, 0.1) is 5.92 Å². The Balaban J connectivity index is 1.81. The van der Waals surface area contributed by atoms with E-state index in [0.29, 0.717) is 19.6 Å². The molecule has 1 atom stereocenters. The molecule has 1 aliphatic heterocycles. The van der Waals surface area contributed by atoms with Crippen LogP contribution in [0.2, 0.25) is 10.0 Å². The largest absolute Gasteiger partial charge is 0.573 e. The maximum atomic E-state index is 13.4. The Hall–Kier alpha value is -2.38. The average Bonchev–Trinajstić information content (AvgIpc) is 3.30. The van der Waals surface area contributed by atoms with Crippen LogP contribution < -0.4 is 16.0 Å². The van der Waals surface area contributed by atoms with E-state index in [1.54, 1.807) is 0 Å². The van der Waals surface area contributed by atoms with Crippen LogP contribution >= 0.6 is 23.2 Å². The Morgan fingerprint density at radius 1 is 1.21 bits per heavy atom. The standard InChI is InChI=1S/C24H25Cl2F3N4O4S/c1-2-38(35,36)20-4-3-16(25)7-15(20)11-33-13-31-22-17(23(33)34)8-19(37-24(27,28)29)18(21(22)26)12-32-6-5-14(9-30)10-32/h3-4,7-8,13-14H,2,5-6,9-12,30H2,1H3/t14-/m0/s1. The van der Waals surface area contributed by atoms with Gasteiger partial charge in [0.1, 0.15) is 5.75 Å². The lowest BCUT2D eigenvalue weighted by molar-refractivity contribution is -0.274. The van der Waals surface area contributed by atoms with Crippen LogP contribution in [0.4, 0.5) is 13.2 Å². The number of sulfone groups is 1. The molecule has 38 heavy (non-hydrogen) atoms. The summed E-state index contributed by atoms with van der Waals surface area (Å²) in [7, 11) is -3.65. The van der Waals surface area contributed by atoms with Crippen molar-refractivity contribution in [2.45, 2.75) is 37.7 Å². The first-order valence-electron chi connectivity index (χ1n) is 11.7. The molecule has 206 valence electrons. The van der Waals surface area contributed by atoms with E-state index in [9.17, 15) is 26.4 Å². The molecule has 2 aromatic carbocycles. The highest BCUT2D eigenvalue weighted by molar-refractivity contribution is 7.91. The summed E-state index contributed by atoms with van der Waals surface area (Å²) in [6, 6.07) is 5.17. The second-order valence-electron chi connectivity index (χ2n) is 9.07. The van der Waals surface area contributed by atoms with Crippen LogP contribution in [0.5, 0.6) is 5.75 Å². The quantitative estimate of drug-likeness (QED) is 0.417. The molecule has 1 fully saturated rings. The number of rotatable bonds is 8. The fourth-order valence-corrected chi connectivity index (χ4v) is 6.15. The minimum Gasteiger partial charge on any atom is -0.405 e. The smallest absolute Gasteiger partial charge is 0.405 e. The van der Waals surface area contributed by atoms with Gasteiger partial charge in [0, 0.05) is 23.7 Å². The predicted molar refractivity (Wildman–Crippen MR) is 138 cm³/mol. The van der Waals surface area contributed by atoms with Gasteiger partial charge in [-0.2, -0.15) is 0 Å². The SMILES string of the molecule is CCS(=O)(=O)c1ccc(Cl)cc1Cn1cnc2c(Cl)c(CN3CC[C@@H](CN)C3)c(OC(F)(F)F)cc2c1=O. The van der Waals surface area contributed by atoms with Gasteiger partial charge in [0.05, 0.1) is 39.4 Å². The van der Waals surface area contributed by atoms with Crippen molar-refractivity contribution >= 4 is 43.9 Å². The van der Waals surface area contributed by atoms with E-state index in [4.69, 9.17) is 28.9 Å². The molecule has 1 saturated heterocycles. The number of nitrogens with zero attached hydrogens (tertiary/aromatic N) is 3. The highest BCUT2D eigenvalue weighted by Gasteiger charge is 2.34. The molecule has 3 aromatic rings. The van der Waals surface area contributed by atoms with E-state index in [-0.39, 0.29) is 61.7 Å². The molecule has 0 radical (unpaired) electrons. The first-order chi connectivity index (χ1) is 17.8. The Kier molecular flexibility index (Phi) is 8.29. The van der Waals surface area contributed by atoms with Gasteiger partial charge in [0.25, 0.3) is 5.56 Å². The van der Waals surface area contributed by atoms with E-state index in [0.717, 1.165) is 17.1 Å². The average molecular weight is 593 g/mol. The van der Waals surface area contributed by atoms with Crippen molar-refractivity contribution in [2.75, 3.05) is 25.4 Å². The number of aromatic nitrogens is 2. The van der Waals surface area contributed by atoms with E-state index < -0.39 is 27.5 Å². The summed E-state index contributed by atoms with van der Waals surface area (Å²) in [6.45, 7) is 2.98. The molecule has 14 heteroatoms. The summed E-state index contributed by atoms with van der Waals surface area (Å²) in [5.41, 5.74) is 5.32. The van der Waals surface area contributed by atoms with Gasteiger partial charge in [0.15, 0.2) is 9.84 Å². The first kappa shape index (κ1) is 28.6. The number of ether oxygens (including phenoxy) is 1. The van der Waals surface area contributed by atoms with Crippen LogP contribution in [0.1, 0.15) is 24.5 Å². The van der Waals surface area contributed by atoms with E-state index in [2.05, 4.69) is 9.72 Å². The fraction of sp³-hybridized carbons (Fsp3) is 0.417. The lowest BCUT2D eigenvalue weighted by atomic mass is 10.1. The molecule has 2 heterocycles. The van der Waals surface area contributed by atoms with Crippen molar-refractivity contribution in [1.82, 2.24) is 14.5 Å². The van der Waals surface area contributed by atoms with Gasteiger partial charge in [0.2, 0.25) is 0 Å². The number of halogens is 5. The number of likely N-dealkylation sites (tertiary alicyclic amines) is 1. The molecule has 1 aliphatic rings. The van der Waals surface area contributed by atoms with Crippen LogP contribution in [0.25, 0.3) is 10.9 Å². The van der Waals surface area contributed by atoms with Gasteiger partial charge < -0.3 is 10.5 Å². The number of hydrogen-bond donors (Lipinski definition) is 1. The molecule has 1 aromatic heterocycles. The molecular weight excluding hydrogens is 568 g/mol.